The first-order valence-electron chi connectivity index (χ1n) is 5.98. The second kappa shape index (κ2) is 4.31. The van der Waals surface area contributed by atoms with Gasteiger partial charge in [-0.2, -0.15) is 5.10 Å². The van der Waals surface area contributed by atoms with E-state index in [0.29, 0.717) is 29.9 Å². The summed E-state index contributed by atoms with van der Waals surface area (Å²) in [6, 6.07) is 5.30. The molecule has 2 aromatic rings. The third kappa shape index (κ3) is 1.91. The Morgan fingerprint density at radius 1 is 1.21 bits per heavy atom. The van der Waals surface area contributed by atoms with E-state index in [0.717, 1.165) is 5.56 Å². The number of aromatic amines is 1. The molecule has 2 amide bonds. The van der Waals surface area contributed by atoms with Crippen LogP contribution >= 0.6 is 0 Å². The lowest BCUT2D eigenvalue weighted by atomic mass is 10.1. The lowest BCUT2D eigenvalue weighted by molar-refractivity contribution is 0.0655. The number of nitrogens with one attached hydrogen (secondary N) is 1. The SMILES string of the molecule is Cc1ccc2c(c1)C(=O)N(CCc1ncn[nH]1)C2=O. The summed E-state index contributed by atoms with van der Waals surface area (Å²) in [5.74, 6) is 0.190. The molecule has 0 bridgehead atoms. The number of benzene rings is 1. The van der Waals surface area contributed by atoms with Gasteiger partial charge in [-0.05, 0) is 19.1 Å². The first-order valence-corrected chi connectivity index (χ1v) is 5.98. The van der Waals surface area contributed by atoms with Gasteiger partial charge in [0.1, 0.15) is 12.2 Å². The first-order chi connectivity index (χ1) is 9.16. The maximum Gasteiger partial charge on any atom is 0.261 e. The zero-order valence-corrected chi connectivity index (χ0v) is 10.4. The second-order valence-electron chi connectivity index (χ2n) is 4.49. The Hall–Kier alpha value is -2.50. The second-order valence-corrected chi connectivity index (χ2v) is 4.49. The van der Waals surface area contributed by atoms with Crippen LogP contribution in [0, 0.1) is 6.92 Å². The summed E-state index contributed by atoms with van der Waals surface area (Å²) >= 11 is 0. The fourth-order valence-corrected chi connectivity index (χ4v) is 2.18. The van der Waals surface area contributed by atoms with Crippen LogP contribution in [-0.4, -0.2) is 38.4 Å². The van der Waals surface area contributed by atoms with Crippen molar-refractivity contribution in [3.8, 4) is 0 Å². The van der Waals surface area contributed by atoms with Crippen molar-refractivity contribution in [1.82, 2.24) is 20.1 Å². The molecule has 96 valence electrons. The molecule has 1 aromatic carbocycles. The van der Waals surface area contributed by atoms with Crippen LogP contribution in [0.25, 0.3) is 0 Å². The van der Waals surface area contributed by atoms with Gasteiger partial charge in [0.15, 0.2) is 0 Å². The van der Waals surface area contributed by atoms with E-state index in [1.54, 1.807) is 12.1 Å². The van der Waals surface area contributed by atoms with Gasteiger partial charge in [0.05, 0.1) is 11.1 Å². The highest BCUT2D eigenvalue weighted by molar-refractivity contribution is 6.21. The van der Waals surface area contributed by atoms with Crippen molar-refractivity contribution in [2.24, 2.45) is 0 Å². The monoisotopic (exact) mass is 256 g/mol. The van der Waals surface area contributed by atoms with Gasteiger partial charge >= 0.3 is 0 Å². The molecule has 0 unspecified atom stereocenters. The summed E-state index contributed by atoms with van der Waals surface area (Å²) in [7, 11) is 0. The summed E-state index contributed by atoms with van der Waals surface area (Å²) in [6.45, 7) is 2.20. The van der Waals surface area contributed by atoms with Crippen LogP contribution in [0.3, 0.4) is 0 Å². The Kier molecular flexibility index (Phi) is 2.63. The normalized spacial score (nSPS) is 14.1. The minimum Gasteiger partial charge on any atom is -0.274 e. The van der Waals surface area contributed by atoms with E-state index < -0.39 is 0 Å². The van der Waals surface area contributed by atoms with Gasteiger partial charge in [0, 0.05) is 13.0 Å². The quantitative estimate of drug-likeness (QED) is 0.829. The summed E-state index contributed by atoms with van der Waals surface area (Å²) in [4.78, 5) is 29.5. The van der Waals surface area contributed by atoms with Crippen molar-refractivity contribution in [2.45, 2.75) is 13.3 Å². The molecule has 1 aliphatic rings. The molecule has 3 rings (SSSR count). The third-order valence-corrected chi connectivity index (χ3v) is 3.16. The van der Waals surface area contributed by atoms with Crippen LogP contribution in [-0.2, 0) is 6.42 Å². The van der Waals surface area contributed by atoms with Gasteiger partial charge < -0.3 is 0 Å². The van der Waals surface area contributed by atoms with Crippen LogP contribution in [0.5, 0.6) is 0 Å². The minimum atomic E-state index is -0.237. The molecule has 6 nitrogen and oxygen atoms in total. The van der Waals surface area contributed by atoms with Crippen molar-refractivity contribution in [3.05, 3.63) is 47.0 Å². The summed E-state index contributed by atoms with van der Waals surface area (Å²) in [6.07, 6.45) is 1.88. The van der Waals surface area contributed by atoms with Crippen molar-refractivity contribution >= 4 is 11.8 Å². The van der Waals surface area contributed by atoms with E-state index in [1.807, 2.05) is 13.0 Å². The molecule has 0 aliphatic carbocycles. The number of H-pyrrole nitrogens is 1. The number of nitrogens with zero attached hydrogens (tertiary/aromatic N) is 3. The van der Waals surface area contributed by atoms with Gasteiger partial charge in [-0.3, -0.25) is 19.6 Å². The van der Waals surface area contributed by atoms with E-state index in [-0.39, 0.29) is 11.8 Å². The molecule has 2 heterocycles. The molecule has 1 aliphatic heterocycles. The molecule has 0 saturated heterocycles. The summed E-state index contributed by atoms with van der Waals surface area (Å²) in [5, 5.41) is 6.44. The number of aromatic nitrogens is 3. The first kappa shape index (κ1) is 11.6. The number of carbonyl (C=O) groups is 2. The van der Waals surface area contributed by atoms with Gasteiger partial charge in [0.25, 0.3) is 11.8 Å². The van der Waals surface area contributed by atoms with Gasteiger partial charge in [-0.15, -0.1) is 0 Å². The molecular formula is C13H12N4O2. The zero-order chi connectivity index (χ0) is 13.4. The van der Waals surface area contributed by atoms with Crippen molar-refractivity contribution in [1.29, 1.82) is 0 Å². The molecule has 0 atom stereocenters. The number of fused-ring (bicyclic) bond motifs is 1. The summed E-state index contributed by atoms with van der Waals surface area (Å²) < 4.78 is 0. The Morgan fingerprint density at radius 2 is 2.00 bits per heavy atom. The van der Waals surface area contributed by atoms with Crippen LogP contribution in [0.15, 0.2) is 24.5 Å². The number of imide groups is 1. The van der Waals surface area contributed by atoms with Crippen LogP contribution in [0.4, 0.5) is 0 Å². The van der Waals surface area contributed by atoms with Crippen molar-refractivity contribution in [2.75, 3.05) is 6.54 Å². The lowest BCUT2D eigenvalue weighted by Crippen LogP contribution is -2.31. The zero-order valence-electron chi connectivity index (χ0n) is 10.4. The van der Waals surface area contributed by atoms with E-state index in [2.05, 4.69) is 15.2 Å². The number of rotatable bonds is 3. The predicted octanol–water partition coefficient (Wildman–Crippen LogP) is 0.952. The molecule has 0 saturated carbocycles. The van der Waals surface area contributed by atoms with Crippen LogP contribution in [0.2, 0.25) is 0 Å². The molecule has 1 aromatic heterocycles. The average molecular weight is 256 g/mol. The fourth-order valence-electron chi connectivity index (χ4n) is 2.18. The standard InChI is InChI=1S/C13H12N4O2/c1-8-2-3-9-10(6-8)13(19)17(12(9)18)5-4-11-14-7-15-16-11/h2-3,6-7H,4-5H2,1H3,(H,14,15,16). The third-order valence-electron chi connectivity index (χ3n) is 3.16. The Bertz CT molecular complexity index is 649. The van der Waals surface area contributed by atoms with E-state index in [4.69, 9.17) is 0 Å². The van der Waals surface area contributed by atoms with E-state index in [1.165, 1.54) is 11.2 Å². The number of hydrogen-bond acceptors (Lipinski definition) is 4. The predicted molar refractivity (Wildman–Crippen MR) is 66.6 cm³/mol. The number of amides is 2. The minimum absolute atomic E-state index is 0.233. The Morgan fingerprint density at radius 3 is 2.74 bits per heavy atom. The lowest BCUT2D eigenvalue weighted by Gasteiger charge is -2.12. The highest BCUT2D eigenvalue weighted by atomic mass is 16.2. The molecule has 1 N–H and O–H groups in total. The van der Waals surface area contributed by atoms with Crippen LogP contribution < -0.4 is 0 Å². The largest absolute Gasteiger partial charge is 0.274 e. The smallest absolute Gasteiger partial charge is 0.261 e. The van der Waals surface area contributed by atoms with Crippen molar-refractivity contribution in [3.63, 3.8) is 0 Å². The molecule has 6 heteroatoms. The molecule has 0 fully saturated rings. The van der Waals surface area contributed by atoms with Crippen molar-refractivity contribution < 1.29 is 9.59 Å². The van der Waals surface area contributed by atoms with Gasteiger partial charge in [0.2, 0.25) is 0 Å². The highest BCUT2D eigenvalue weighted by Crippen LogP contribution is 2.23. The number of hydrogen-bond donors (Lipinski definition) is 1. The van der Waals surface area contributed by atoms with E-state index >= 15 is 0 Å². The maximum atomic E-state index is 12.2. The fraction of sp³-hybridized carbons (Fsp3) is 0.231. The van der Waals surface area contributed by atoms with Gasteiger partial charge in [-0.1, -0.05) is 11.6 Å². The summed E-state index contributed by atoms with van der Waals surface area (Å²) in [5.41, 5.74) is 1.94. The molecule has 0 radical (unpaired) electrons. The Balaban J connectivity index is 1.82. The maximum absolute atomic E-state index is 12.2. The molecule has 19 heavy (non-hydrogen) atoms. The molecule has 0 spiro atoms. The number of aryl methyl sites for hydroxylation is 1. The number of carbonyl (C=O) groups excluding carboxylic acids is 2. The van der Waals surface area contributed by atoms with E-state index in [9.17, 15) is 9.59 Å². The highest BCUT2D eigenvalue weighted by Gasteiger charge is 2.35. The molecular weight excluding hydrogens is 244 g/mol. The van der Waals surface area contributed by atoms with Crippen LogP contribution in [0.1, 0.15) is 32.1 Å². The topological polar surface area (TPSA) is 79.0 Å². The average Bonchev–Trinajstić information content (AvgIpc) is 2.98. The Labute approximate surface area is 109 Å². The van der Waals surface area contributed by atoms with Gasteiger partial charge in [-0.25, -0.2) is 4.98 Å².